The number of carbonyl (C=O) groups excluding carboxylic acids is 1. The van der Waals surface area contributed by atoms with Crippen molar-refractivity contribution in [1.29, 1.82) is 0 Å². The van der Waals surface area contributed by atoms with Crippen molar-refractivity contribution in [2.45, 2.75) is 39.0 Å². The molecule has 9 heteroatoms. The number of alkyl halides is 3. The first-order chi connectivity index (χ1) is 16.7. The second-order valence-corrected chi connectivity index (χ2v) is 8.38. The van der Waals surface area contributed by atoms with E-state index in [9.17, 15) is 18.0 Å². The monoisotopic (exact) mass is 482 g/mol. The molecule has 1 N–H and O–H groups in total. The second-order valence-electron chi connectivity index (χ2n) is 8.38. The van der Waals surface area contributed by atoms with Gasteiger partial charge in [0.25, 0.3) is 0 Å². The maximum atomic E-state index is 12.9. The topological polar surface area (TPSA) is 71.3 Å². The maximum Gasteiger partial charge on any atom is 0.416 e. The van der Waals surface area contributed by atoms with Crippen LogP contribution in [-0.4, -0.2) is 28.5 Å². The Morgan fingerprint density at radius 1 is 1.06 bits per heavy atom. The maximum absolute atomic E-state index is 12.9. The SMILES string of the molecule is CC(C)N(CCC(=O)NCc1cccc(C(F)(F)F)c1)c1nc(-c2ccco2)nc2ccccc12. The molecule has 0 fully saturated rings. The number of para-hydroxylation sites is 1. The highest BCUT2D eigenvalue weighted by Crippen LogP contribution is 2.30. The van der Waals surface area contributed by atoms with E-state index in [1.165, 1.54) is 6.07 Å². The van der Waals surface area contributed by atoms with Crippen LogP contribution < -0.4 is 10.2 Å². The Kier molecular flexibility index (Phi) is 7.04. The Bertz CT molecular complexity index is 1300. The van der Waals surface area contributed by atoms with Crippen LogP contribution >= 0.6 is 0 Å². The van der Waals surface area contributed by atoms with Crippen LogP contribution in [0.1, 0.15) is 31.4 Å². The van der Waals surface area contributed by atoms with Gasteiger partial charge in [-0.2, -0.15) is 13.2 Å². The third-order valence-corrected chi connectivity index (χ3v) is 5.54. The standard InChI is InChI=1S/C26H25F3N4O2/c1-17(2)33(13-12-23(34)30-16-18-7-5-8-19(15-18)26(27,28)29)25-20-9-3-4-10-21(20)31-24(32-25)22-11-6-14-35-22/h3-11,14-15,17H,12-13,16H2,1-2H3,(H,30,34). The molecule has 4 rings (SSSR count). The predicted molar refractivity (Wildman–Crippen MR) is 128 cm³/mol. The fraction of sp³-hybridized carbons (Fsp3) is 0.269. The number of halogens is 3. The van der Waals surface area contributed by atoms with Crippen LogP contribution in [0.3, 0.4) is 0 Å². The Morgan fingerprint density at radius 2 is 1.86 bits per heavy atom. The highest BCUT2D eigenvalue weighted by atomic mass is 19.4. The van der Waals surface area contributed by atoms with Gasteiger partial charge in [-0.05, 0) is 55.8 Å². The second kappa shape index (κ2) is 10.2. The summed E-state index contributed by atoms with van der Waals surface area (Å²) in [6, 6.07) is 16.1. The minimum absolute atomic E-state index is 0.0174. The van der Waals surface area contributed by atoms with Crippen molar-refractivity contribution in [3.05, 3.63) is 78.1 Å². The zero-order valence-electron chi connectivity index (χ0n) is 19.3. The van der Waals surface area contributed by atoms with Crippen LogP contribution in [0.15, 0.2) is 71.3 Å². The number of anilines is 1. The van der Waals surface area contributed by atoms with E-state index < -0.39 is 11.7 Å². The quantitative estimate of drug-likeness (QED) is 0.342. The number of amides is 1. The van der Waals surface area contributed by atoms with Crippen molar-refractivity contribution in [1.82, 2.24) is 15.3 Å². The zero-order chi connectivity index (χ0) is 25.0. The van der Waals surface area contributed by atoms with E-state index in [2.05, 4.69) is 10.3 Å². The number of aromatic nitrogens is 2. The number of rotatable bonds is 8. The number of fused-ring (bicyclic) bond motifs is 1. The van der Waals surface area contributed by atoms with Gasteiger partial charge in [0.1, 0.15) is 5.82 Å². The molecule has 2 heterocycles. The van der Waals surface area contributed by atoms with Crippen molar-refractivity contribution in [3.8, 4) is 11.6 Å². The van der Waals surface area contributed by atoms with Crippen LogP contribution in [0.4, 0.5) is 19.0 Å². The van der Waals surface area contributed by atoms with Crippen LogP contribution in [-0.2, 0) is 17.5 Å². The molecular formula is C26H25F3N4O2. The van der Waals surface area contributed by atoms with E-state index in [1.807, 2.05) is 43.0 Å². The molecule has 4 aromatic rings. The molecule has 0 bridgehead atoms. The molecule has 0 aliphatic heterocycles. The number of carbonyl (C=O) groups is 1. The Balaban J connectivity index is 1.50. The van der Waals surface area contributed by atoms with E-state index in [-0.39, 0.29) is 24.9 Å². The third kappa shape index (κ3) is 5.79. The highest BCUT2D eigenvalue weighted by molar-refractivity contribution is 5.91. The molecule has 6 nitrogen and oxygen atoms in total. The summed E-state index contributed by atoms with van der Waals surface area (Å²) in [4.78, 5) is 23.9. The summed E-state index contributed by atoms with van der Waals surface area (Å²) in [6.07, 6.45) is -2.72. The van der Waals surface area contributed by atoms with Crippen molar-refractivity contribution in [3.63, 3.8) is 0 Å². The summed E-state index contributed by atoms with van der Waals surface area (Å²) in [6.45, 7) is 4.39. The van der Waals surface area contributed by atoms with Gasteiger partial charge in [-0.3, -0.25) is 4.79 Å². The predicted octanol–water partition coefficient (Wildman–Crippen LogP) is 5.83. The molecule has 0 spiro atoms. The molecule has 0 atom stereocenters. The van der Waals surface area contributed by atoms with Crippen molar-refractivity contribution >= 4 is 22.6 Å². The Hall–Kier alpha value is -3.88. The number of furan rings is 1. The number of hydrogen-bond donors (Lipinski definition) is 1. The van der Waals surface area contributed by atoms with Gasteiger partial charge in [-0.1, -0.05) is 24.3 Å². The van der Waals surface area contributed by atoms with E-state index in [0.29, 0.717) is 29.5 Å². The number of hydrogen-bond acceptors (Lipinski definition) is 5. The number of nitrogens with one attached hydrogen (secondary N) is 1. The van der Waals surface area contributed by atoms with Gasteiger partial charge in [0.15, 0.2) is 11.6 Å². The summed E-state index contributed by atoms with van der Waals surface area (Å²) in [7, 11) is 0. The molecule has 2 aromatic heterocycles. The molecule has 0 saturated heterocycles. The van der Waals surface area contributed by atoms with Crippen LogP contribution in [0.25, 0.3) is 22.5 Å². The summed E-state index contributed by atoms with van der Waals surface area (Å²) in [5, 5.41) is 3.56. The Labute approximate surface area is 200 Å². The molecule has 0 aliphatic rings. The first-order valence-corrected chi connectivity index (χ1v) is 11.2. The smallest absolute Gasteiger partial charge is 0.416 e. The van der Waals surface area contributed by atoms with Gasteiger partial charge in [0, 0.05) is 30.9 Å². The molecule has 182 valence electrons. The van der Waals surface area contributed by atoms with Crippen LogP contribution in [0.2, 0.25) is 0 Å². The van der Waals surface area contributed by atoms with Gasteiger partial charge in [-0.25, -0.2) is 9.97 Å². The van der Waals surface area contributed by atoms with Crippen LogP contribution in [0.5, 0.6) is 0 Å². The summed E-state index contributed by atoms with van der Waals surface area (Å²) in [5.41, 5.74) is 0.403. The molecule has 0 radical (unpaired) electrons. The average molecular weight is 483 g/mol. The molecule has 1 amide bonds. The first kappa shape index (κ1) is 24.3. The fourth-order valence-electron chi connectivity index (χ4n) is 3.77. The lowest BCUT2D eigenvalue weighted by Gasteiger charge is -2.29. The van der Waals surface area contributed by atoms with E-state index in [1.54, 1.807) is 24.5 Å². The van der Waals surface area contributed by atoms with E-state index >= 15 is 0 Å². The van der Waals surface area contributed by atoms with Gasteiger partial charge in [0.2, 0.25) is 5.91 Å². The number of benzene rings is 2. The van der Waals surface area contributed by atoms with E-state index in [4.69, 9.17) is 9.40 Å². The number of nitrogens with zero attached hydrogens (tertiary/aromatic N) is 3. The van der Waals surface area contributed by atoms with E-state index in [0.717, 1.165) is 23.0 Å². The van der Waals surface area contributed by atoms with Crippen molar-refractivity contribution in [2.75, 3.05) is 11.4 Å². The molecular weight excluding hydrogens is 457 g/mol. The van der Waals surface area contributed by atoms with Crippen LogP contribution in [0, 0.1) is 0 Å². The lowest BCUT2D eigenvalue weighted by molar-refractivity contribution is -0.137. The molecule has 0 saturated carbocycles. The van der Waals surface area contributed by atoms with Crippen molar-refractivity contribution in [2.24, 2.45) is 0 Å². The highest BCUT2D eigenvalue weighted by Gasteiger charge is 2.30. The summed E-state index contributed by atoms with van der Waals surface area (Å²) < 4.78 is 44.3. The minimum Gasteiger partial charge on any atom is -0.461 e. The minimum atomic E-state index is -4.42. The molecule has 0 unspecified atom stereocenters. The zero-order valence-corrected chi connectivity index (χ0v) is 19.3. The van der Waals surface area contributed by atoms with Gasteiger partial charge in [-0.15, -0.1) is 0 Å². The Morgan fingerprint density at radius 3 is 2.57 bits per heavy atom. The third-order valence-electron chi connectivity index (χ3n) is 5.54. The lowest BCUT2D eigenvalue weighted by Crippen LogP contribution is -2.36. The first-order valence-electron chi connectivity index (χ1n) is 11.2. The molecule has 35 heavy (non-hydrogen) atoms. The average Bonchev–Trinajstić information content (AvgIpc) is 3.37. The lowest BCUT2D eigenvalue weighted by atomic mass is 10.1. The fourth-order valence-corrected chi connectivity index (χ4v) is 3.77. The largest absolute Gasteiger partial charge is 0.461 e. The summed E-state index contributed by atoms with van der Waals surface area (Å²) in [5.74, 6) is 1.41. The van der Waals surface area contributed by atoms with Gasteiger partial charge in [0.05, 0.1) is 17.3 Å². The molecule has 0 aliphatic carbocycles. The molecule has 2 aromatic carbocycles. The van der Waals surface area contributed by atoms with Gasteiger partial charge >= 0.3 is 6.18 Å². The summed E-state index contributed by atoms with van der Waals surface area (Å²) >= 11 is 0. The normalized spacial score (nSPS) is 11.7. The van der Waals surface area contributed by atoms with Crippen molar-refractivity contribution < 1.29 is 22.4 Å². The van der Waals surface area contributed by atoms with Gasteiger partial charge < -0.3 is 14.6 Å².